The second-order valence-electron chi connectivity index (χ2n) is 8.34. The lowest BCUT2D eigenvalue weighted by atomic mass is 9.87. The van der Waals surface area contributed by atoms with E-state index in [1.54, 1.807) is 18.2 Å². The lowest BCUT2D eigenvalue weighted by Gasteiger charge is -2.22. The molecule has 1 heterocycles. The van der Waals surface area contributed by atoms with Crippen molar-refractivity contribution in [3.05, 3.63) is 59.7 Å². The van der Waals surface area contributed by atoms with Gasteiger partial charge in [0.15, 0.2) is 5.60 Å². The van der Waals surface area contributed by atoms with Crippen molar-refractivity contribution in [2.45, 2.75) is 45.1 Å². The zero-order valence-corrected chi connectivity index (χ0v) is 16.9. The van der Waals surface area contributed by atoms with E-state index in [0.717, 1.165) is 5.75 Å². The molecule has 0 saturated heterocycles. The zero-order valence-electron chi connectivity index (χ0n) is 16.9. The molecule has 2 aromatic rings. The Morgan fingerprint density at radius 3 is 2.36 bits per heavy atom. The Labute approximate surface area is 165 Å². The van der Waals surface area contributed by atoms with Crippen molar-refractivity contribution >= 4 is 17.4 Å². The van der Waals surface area contributed by atoms with E-state index >= 15 is 0 Å². The number of ether oxygens (including phenoxy) is 1. The van der Waals surface area contributed by atoms with Crippen LogP contribution in [0.5, 0.6) is 5.75 Å². The van der Waals surface area contributed by atoms with Crippen LogP contribution in [-0.4, -0.2) is 29.9 Å². The van der Waals surface area contributed by atoms with E-state index in [2.05, 4.69) is 20.8 Å². The normalized spacial score (nSPS) is 18.9. The molecule has 3 rings (SSSR count). The average molecular weight is 381 g/mol. The summed E-state index contributed by atoms with van der Waals surface area (Å²) in [6.45, 7) is 8.41. The number of nitrogens with zero attached hydrogens (tertiary/aromatic N) is 1. The minimum atomic E-state index is -1.79. The largest absolute Gasteiger partial charge is 0.492 e. The van der Waals surface area contributed by atoms with Crippen LogP contribution in [0, 0.1) is 0 Å². The summed E-state index contributed by atoms with van der Waals surface area (Å²) in [6.07, 6.45) is -0.228. The number of amides is 1. The third-order valence-corrected chi connectivity index (χ3v) is 5.05. The Kier molecular flexibility index (Phi) is 5.31. The van der Waals surface area contributed by atoms with E-state index in [1.165, 1.54) is 17.4 Å². The molecule has 0 radical (unpaired) electrons. The number of fused-ring (bicyclic) bond motifs is 1. The number of hydrogen-bond acceptors (Lipinski definition) is 4. The number of Topliss-reactive ketones (excluding diaryl/α,β-unsaturated/α-hetero) is 1. The van der Waals surface area contributed by atoms with Gasteiger partial charge in [-0.25, -0.2) is 0 Å². The lowest BCUT2D eigenvalue weighted by Crippen LogP contribution is -2.43. The Hall–Kier alpha value is -2.66. The Morgan fingerprint density at radius 2 is 1.75 bits per heavy atom. The minimum absolute atomic E-state index is 0.0748. The smallest absolute Gasteiger partial charge is 0.264 e. The molecule has 1 aliphatic rings. The number of ketones is 1. The summed E-state index contributed by atoms with van der Waals surface area (Å²) in [7, 11) is 0. The highest BCUT2D eigenvalue weighted by Crippen LogP contribution is 2.42. The molecule has 5 heteroatoms. The number of aliphatic hydroxyl groups is 1. The molecule has 0 aliphatic carbocycles. The second kappa shape index (κ2) is 7.40. The zero-order chi connectivity index (χ0) is 20.5. The predicted octanol–water partition coefficient (Wildman–Crippen LogP) is 3.58. The van der Waals surface area contributed by atoms with E-state index in [0.29, 0.717) is 11.3 Å². The van der Waals surface area contributed by atoms with Crippen LogP contribution in [0.2, 0.25) is 0 Å². The van der Waals surface area contributed by atoms with Gasteiger partial charge >= 0.3 is 0 Å². The second-order valence-corrected chi connectivity index (χ2v) is 8.34. The van der Waals surface area contributed by atoms with Crippen LogP contribution >= 0.6 is 0 Å². The number of rotatable bonds is 6. The number of anilines is 1. The van der Waals surface area contributed by atoms with Gasteiger partial charge in [0.25, 0.3) is 5.91 Å². The summed E-state index contributed by atoms with van der Waals surface area (Å²) >= 11 is 0. The van der Waals surface area contributed by atoms with Crippen molar-refractivity contribution < 1.29 is 19.4 Å². The molecule has 0 fully saturated rings. The van der Waals surface area contributed by atoms with Gasteiger partial charge < -0.3 is 14.7 Å². The van der Waals surface area contributed by atoms with Crippen molar-refractivity contribution in [3.8, 4) is 5.75 Å². The molecule has 0 saturated carbocycles. The fourth-order valence-electron chi connectivity index (χ4n) is 3.57. The number of carbonyl (C=O) groups is 2. The summed E-state index contributed by atoms with van der Waals surface area (Å²) in [5.74, 6) is 0.0187. The van der Waals surface area contributed by atoms with E-state index in [1.807, 2.05) is 30.3 Å². The van der Waals surface area contributed by atoms with Gasteiger partial charge in [-0.1, -0.05) is 51.1 Å². The van der Waals surface area contributed by atoms with Gasteiger partial charge in [-0.3, -0.25) is 9.59 Å². The molecule has 0 aromatic heterocycles. The fourth-order valence-corrected chi connectivity index (χ4v) is 3.57. The number of para-hydroxylation sites is 1. The third kappa shape index (κ3) is 3.80. The first-order chi connectivity index (χ1) is 13.1. The molecule has 1 amide bonds. The van der Waals surface area contributed by atoms with Gasteiger partial charge in [-0.2, -0.15) is 0 Å². The summed E-state index contributed by atoms with van der Waals surface area (Å²) in [5, 5.41) is 10.9. The SMILES string of the molecule is CC(=O)C[C@]1(O)C(=O)N(CCOc2ccc(C(C)(C)C)cc2)c2ccccc21. The van der Waals surface area contributed by atoms with Crippen molar-refractivity contribution in [2.75, 3.05) is 18.1 Å². The topological polar surface area (TPSA) is 66.8 Å². The molecule has 0 bridgehead atoms. The van der Waals surface area contributed by atoms with Crippen LogP contribution in [0.4, 0.5) is 5.69 Å². The van der Waals surface area contributed by atoms with Gasteiger partial charge in [0.1, 0.15) is 18.1 Å². The highest BCUT2D eigenvalue weighted by atomic mass is 16.5. The molecule has 2 aromatic carbocycles. The molecule has 0 spiro atoms. The van der Waals surface area contributed by atoms with Crippen LogP contribution in [-0.2, 0) is 20.6 Å². The van der Waals surface area contributed by atoms with Crippen molar-refractivity contribution in [1.29, 1.82) is 0 Å². The predicted molar refractivity (Wildman–Crippen MR) is 109 cm³/mol. The molecule has 0 unspecified atom stereocenters. The summed E-state index contributed by atoms with van der Waals surface area (Å²) in [6, 6.07) is 15.0. The van der Waals surface area contributed by atoms with E-state index in [-0.39, 0.29) is 30.8 Å². The average Bonchev–Trinajstić information content (AvgIpc) is 2.83. The van der Waals surface area contributed by atoms with Crippen molar-refractivity contribution in [1.82, 2.24) is 0 Å². The summed E-state index contributed by atoms with van der Waals surface area (Å²) < 4.78 is 5.81. The molecule has 1 atom stereocenters. The highest BCUT2D eigenvalue weighted by molar-refractivity contribution is 6.08. The van der Waals surface area contributed by atoms with Gasteiger partial charge in [-0.05, 0) is 36.1 Å². The molecular weight excluding hydrogens is 354 g/mol. The molecule has 1 aliphatic heterocycles. The van der Waals surface area contributed by atoms with Gasteiger partial charge in [0, 0.05) is 12.0 Å². The van der Waals surface area contributed by atoms with Crippen molar-refractivity contribution in [2.24, 2.45) is 0 Å². The molecule has 148 valence electrons. The first-order valence-corrected chi connectivity index (χ1v) is 9.49. The molecular formula is C23H27NO4. The number of benzene rings is 2. The maximum Gasteiger partial charge on any atom is 0.264 e. The van der Waals surface area contributed by atoms with Gasteiger partial charge in [0.05, 0.1) is 12.2 Å². The maximum atomic E-state index is 12.9. The Morgan fingerprint density at radius 1 is 1.11 bits per heavy atom. The third-order valence-electron chi connectivity index (χ3n) is 5.05. The first kappa shape index (κ1) is 20.1. The molecule has 28 heavy (non-hydrogen) atoms. The quantitative estimate of drug-likeness (QED) is 0.831. The Bertz CT molecular complexity index is 882. The first-order valence-electron chi connectivity index (χ1n) is 9.49. The van der Waals surface area contributed by atoms with Gasteiger partial charge in [-0.15, -0.1) is 0 Å². The minimum Gasteiger partial charge on any atom is -0.492 e. The molecule has 5 nitrogen and oxygen atoms in total. The maximum absolute atomic E-state index is 12.9. The van der Waals surface area contributed by atoms with Crippen LogP contribution in [0.3, 0.4) is 0 Å². The number of hydrogen-bond donors (Lipinski definition) is 1. The highest BCUT2D eigenvalue weighted by Gasteiger charge is 2.50. The van der Waals surface area contributed by atoms with Crippen LogP contribution in [0.1, 0.15) is 45.2 Å². The van der Waals surface area contributed by atoms with E-state index < -0.39 is 11.5 Å². The summed E-state index contributed by atoms with van der Waals surface area (Å²) in [5.41, 5.74) is 0.604. The standard InChI is InChI=1S/C23H27NO4/c1-16(25)15-23(27)19-7-5-6-8-20(19)24(21(23)26)13-14-28-18-11-9-17(10-12-18)22(2,3)4/h5-12,27H,13-15H2,1-4H3/t23-/m1/s1. The fraction of sp³-hybridized carbons (Fsp3) is 0.391. The summed E-state index contributed by atoms with van der Waals surface area (Å²) in [4.78, 5) is 26.0. The van der Waals surface area contributed by atoms with Gasteiger partial charge in [0.2, 0.25) is 0 Å². The monoisotopic (exact) mass is 381 g/mol. The van der Waals surface area contributed by atoms with E-state index in [9.17, 15) is 14.7 Å². The molecule has 1 N–H and O–H groups in total. The van der Waals surface area contributed by atoms with Crippen LogP contribution < -0.4 is 9.64 Å². The lowest BCUT2D eigenvalue weighted by molar-refractivity contribution is -0.141. The van der Waals surface area contributed by atoms with Crippen molar-refractivity contribution in [3.63, 3.8) is 0 Å². The van der Waals surface area contributed by atoms with Crippen LogP contribution in [0.15, 0.2) is 48.5 Å². The number of carbonyl (C=O) groups excluding carboxylic acids is 2. The van der Waals surface area contributed by atoms with Crippen LogP contribution in [0.25, 0.3) is 0 Å². The van der Waals surface area contributed by atoms with E-state index in [4.69, 9.17) is 4.74 Å². The Balaban J connectivity index is 1.71.